The average Bonchev–Trinajstić information content (AvgIpc) is 2.78. The number of carboxylic acid groups (broad SMARTS) is 1. The fourth-order valence-electron chi connectivity index (χ4n) is 2.94. The van der Waals surface area contributed by atoms with Crippen LogP contribution in [0, 0.1) is 11.3 Å². The molecular formula is C22H24F3NO6. The van der Waals surface area contributed by atoms with Crippen LogP contribution >= 0.6 is 0 Å². The number of nitrogens with zero attached hydrogens (tertiary/aromatic N) is 1. The summed E-state index contributed by atoms with van der Waals surface area (Å²) in [4.78, 5) is 8.90. The van der Waals surface area contributed by atoms with Crippen molar-refractivity contribution in [3.05, 3.63) is 35.9 Å². The fraction of sp³-hybridized carbons (Fsp3) is 0.455. The minimum absolute atomic E-state index is 0.0703. The van der Waals surface area contributed by atoms with Crippen LogP contribution in [0.25, 0.3) is 10.8 Å². The zero-order valence-electron chi connectivity index (χ0n) is 17.5. The van der Waals surface area contributed by atoms with Gasteiger partial charge in [0.05, 0.1) is 32.0 Å². The van der Waals surface area contributed by atoms with Gasteiger partial charge in [-0.2, -0.15) is 18.4 Å². The third kappa shape index (κ3) is 7.59. The first-order chi connectivity index (χ1) is 15.3. The molecule has 1 N–H and O–H groups in total. The van der Waals surface area contributed by atoms with Crippen molar-refractivity contribution in [1.82, 2.24) is 0 Å². The molecule has 1 unspecified atom stereocenters. The number of carboxylic acids is 1. The second-order valence-electron chi connectivity index (χ2n) is 6.82. The van der Waals surface area contributed by atoms with Crippen molar-refractivity contribution >= 4 is 16.7 Å². The quantitative estimate of drug-likeness (QED) is 0.606. The fourth-order valence-corrected chi connectivity index (χ4v) is 2.94. The maximum absolute atomic E-state index is 10.6. The molecule has 0 amide bonds. The van der Waals surface area contributed by atoms with E-state index in [4.69, 9.17) is 34.1 Å². The van der Waals surface area contributed by atoms with Crippen molar-refractivity contribution in [2.24, 2.45) is 0 Å². The maximum atomic E-state index is 10.6. The van der Waals surface area contributed by atoms with E-state index < -0.39 is 12.1 Å². The summed E-state index contributed by atoms with van der Waals surface area (Å²) >= 11 is 0. The van der Waals surface area contributed by atoms with Crippen molar-refractivity contribution in [3.8, 4) is 17.6 Å². The molecule has 174 valence electrons. The van der Waals surface area contributed by atoms with Gasteiger partial charge in [-0.15, -0.1) is 0 Å². The van der Waals surface area contributed by atoms with Gasteiger partial charge >= 0.3 is 12.1 Å². The molecule has 2 aromatic rings. The van der Waals surface area contributed by atoms with Crippen LogP contribution in [0.5, 0.6) is 11.5 Å². The van der Waals surface area contributed by atoms with Gasteiger partial charge < -0.3 is 24.1 Å². The number of rotatable bonds is 7. The molecule has 1 atom stereocenters. The monoisotopic (exact) mass is 455 g/mol. The smallest absolute Gasteiger partial charge is 0.490 e. The first kappa shape index (κ1) is 25.2. The Morgan fingerprint density at radius 2 is 1.97 bits per heavy atom. The molecule has 2 aromatic carbocycles. The summed E-state index contributed by atoms with van der Waals surface area (Å²) < 4.78 is 54.4. The van der Waals surface area contributed by atoms with Crippen LogP contribution in [0.3, 0.4) is 0 Å². The molecule has 1 saturated heterocycles. The number of nitriles is 1. The molecule has 1 heterocycles. The molecular weight excluding hydrogens is 431 g/mol. The van der Waals surface area contributed by atoms with Crippen LogP contribution in [0.15, 0.2) is 30.3 Å². The summed E-state index contributed by atoms with van der Waals surface area (Å²) in [6, 6.07) is 11.6. The largest absolute Gasteiger partial charge is 0.493 e. The number of hydrogen-bond donors (Lipinski definition) is 1. The lowest BCUT2D eigenvalue weighted by Crippen LogP contribution is -2.23. The predicted octanol–water partition coefficient (Wildman–Crippen LogP) is 4.67. The second-order valence-corrected chi connectivity index (χ2v) is 6.82. The van der Waals surface area contributed by atoms with Crippen molar-refractivity contribution < 1.29 is 42.0 Å². The van der Waals surface area contributed by atoms with Crippen molar-refractivity contribution in [2.75, 3.05) is 26.9 Å². The summed E-state index contributed by atoms with van der Waals surface area (Å²) in [5.74, 6) is -1.42. The van der Waals surface area contributed by atoms with Crippen molar-refractivity contribution in [3.63, 3.8) is 0 Å². The Morgan fingerprint density at radius 1 is 1.25 bits per heavy atom. The van der Waals surface area contributed by atoms with E-state index >= 15 is 0 Å². The molecule has 1 fully saturated rings. The Balaban J connectivity index is 0.000000451. The standard InChI is InChI=1S/C20H23NO4.C2HF3O2/c1-22-18-9-8-16-7-6-15(14-21)13-17(16)20(18)25-12-4-11-24-19-5-2-3-10-23-19;3-2(4,5)1(6)7/h6-9,13,19H,2-5,10-12H2,1H3;(H,6,7). The number of alkyl halides is 3. The van der Waals surface area contributed by atoms with Crippen molar-refractivity contribution in [2.45, 2.75) is 38.1 Å². The van der Waals surface area contributed by atoms with Crippen LogP contribution in [0.4, 0.5) is 13.2 Å². The van der Waals surface area contributed by atoms with E-state index in [1.54, 1.807) is 13.2 Å². The molecule has 0 saturated carbocycles. The van der Waals surface area contributed by atoms with Gasteiger partial charge in [-0.3, -0.25) is 0 Å². The van der Waals surface area contributed by atoms with E-state index in [1.807, 2.05) is 24.3 Å². The molecule has 0 radical (unpaired) electrons. The Kier molecular flexibility index (Phi) is 9.56. The third-order valence-electron chi connectivity index (χ3n) is 4.50. The summed E-state index contributed by atoms with van der Waals surface area (Å²) in [6.45, 7) is 1.90. The highest BCUT2D eigenvalue weighted by Crippen LogP contribution is 2.36. The Hall–Kier alpha value is -3.03. The zero-order valence-corrected chi connectivity index (χ0v) is 17.5. The Morgan fingerprint density at radius 3 is 2.56 bits per heavy atom. The van der Waals surface area contributed by atoms with E-state index in [9.17, 15) is 13.2 Å². The Labute approximate surface area is 183 Å². The number of hydrogen-bond acceptors (Lipinski definition) is 6. The summed E-state index contributed by atoms with van der Waals surface area (Å²) in [6.07, 6.45) is -1.14. The van der Waals surface area contributed by atoms with Gasteiger partial charge in [0.15, 0.2) is 17.8 Å². The number of ether oxygens (including phenoxy) is 4. The van der Waals surface area contributed by atoms with Gasteiger partial charge in [-0.1, -0.05) is 12.1 Å². The molecule has 0 aliphatic carbocycles. The number of methoxy groups -OCH3 is 1. The minimum atomic E-state index is -5.08. The third-order valence-corrected chi connectivity index (χ3v) is 4.50. The molecule has 0 aromatic heterocycles. The van der Waals surface area contributed by atoms with E-state index in [-0.39, 0.29) is 6.29 Å². The van der Waals surface area contributed by atoms with Gasteiger partial charge in [-0.05, 0) is 42.8 Å². The van der Waals surface area contributed by atoms with E-state index in [0.29, 0.717) is 30.3 Å². The van der Waals surface area contributed by atoms with E-state index in [1.165, 1.54) is 0 Å². The normalized spacial score (nSPS) is 15.9. The summed E-state index contributed by atoms with van der Waals surface area (Å²) in [5, 5.41) is 18.2. The van der Waals surface area contributed by atoms with Gasteiger partial charge in [0.2, 0.25) is 0 Å². The molecule has 32 heavy (non-hydrogen) atoms. The average molecular weight is 455 g/mol. The summed E-state index contributed by atoms with van der Waals surface area (Å²) in [7, 11) is 1.62. The molecule has 7 nitrogen and oxygen atoms in total. The first-order valence-electron chi connectivity index (χ1n) is 9.93. The molecule has 1 aliphatic heterocycles. The molecule has 3 rings (SSSR count). The number of carbonyl (C=O) groups is 1. The lowest BCUT2D eigenvalue weighted by molar-refractivity contribution is -0.192. The highest BCUT2D eigenvalue weighted by atomic mass is 19.4. The lowest BCUT2D eigenvalue weighted by atomic mass is 10.1. The molecule has 10 heteroatoms. The minimum Gasteiger partial charge on any atom is -0.493 e. The first-order valence-corrected chi connectivity index (χ1v) is 9.93. The topological polar surface area (TPSA) is 98.0 Å². The molecule has 0 spiro atoms. The number of benzene rings is 2. The van der Waals surface area contributed by atoms with Crippen LogP contribution in [0.1, 0.15) is 31.2 Å². The Bertz CT molecular complexity index is 936. The van der Waals surface area contributed by atoms with Gasteiger partial charge in [0.25, 0.3) is 0 Å². The van der Waals surface area contributed by atoms with Crippen LogP contribution in [-0.4, -0.2) is 50.5 Å². The highest BCUT2D eigenvalue weighted by molar-refractivity contribution is 5.91. The second kappa shape index (κ2) is 12.1. The van der Waals surface area contributed by atoms with E-state index in [0.717, 1.165) is 43.1 Å². The van der Waals surface area contributed by atoms with Gasteiger partial charge in [-0.25, -0.2) is 4.79 Å². The van der Waals surface area contributed by atoms with Gasteiger partial charge in [0.1, 0.15) is 0 Å². The SMILES string of the molecule is COc1ccc2ccc(C#N)cc2c1OCCCOC1CCCCO1.O=C(O)C(F)(F)F. The maximum Gasteiger partial charge on any atom is 0.490 e. The van der Waals surface area contributed by atoms with Crippen LogP contribution in [-0.2, 0) is 14.3 Å². The highest BCUT2D eigenvalue weighted by Gasteiger charge is 2.38. The number of halogens is 3. The lowest BCUT2D eigenvalue weighted by Gasteiger charge is -2.22. The van der Waals surface area contributed by atoms with Crippen LogP contribution in [0.2, 0.25) is 0 Å². The van der Waals surface area contributed by atoms with Crippen LogP contribution < -0.4 is 9.47 Å². The van der Waals surface area contributed by atoms with Crippen molar-refractivity contribution in [1.29, 1.82) is 5.26 Å². The molecule has 0 bridgehead atoms. The van der Waals surface area contributed by atoms with Gasteiger partial charge in [0, 0.05) is 18.4 Å². The summed E-state index contributed by atoms with van der Waals surface area (Å²) in [5.41, 5.74) is 0.600. The number of fused-ring (bicyclic) bond motifs is 1. The molecule has 1 aliphatic rings. The predicted molar refractivity (Wildman–Crippen MR) is 109 cm³/mol. The zero-order chi connectivity index (χ0) is 23.6. The van der Waals surface area contributed by atoms with E-state index in [2.05, 4.69) is 6.07 Å². The number of aliphatic carboxylic acids is 1.